The van der Waals surface area contributed by atoms with Crippen LogP contribution in [0.4, 0.5) is 4.79 Å². The molecule has 1 atom stereocenters. The lowest BCUT2D eigenvalue weighted by Crippen LogP contribution is -2.54. The zero-order chi connectivity index (χ0) is 14.6. The van der Waals surface area contributed by atoms with Crippen molar-refractivity contribution in [2.24, 2.45) is 5.41 Å². The molecule has 19 heavy (non-hydrogen) atoms. The summed E-state index contributed by atoms with van der Waals surface area (Å²) in [7, 11) is 0. The van der Waals surface area contributed by atoms with Gasteiger partial charge in [0.25, 0.3) is 0 Å². The molecule has 1 rings (SSSR count). The van der Waals surface area contributed by atoms with Crippen molar-refractivity contribution in [2.75, 3.05) is 13.1 Å². The van der Waals surface area contributed by atoms with Crippen LogP contribution in [0.25, 0.3) is 0 Å². The quantitative estimate of drug-likeness (QED) is 0.802. The molecule has 0 aliphatic carbocycles. The normalized spacial score (nSPS) is 20.3. The fourth-order valence-electron chi connectivity index (χ4n) is 2.24. The number of likely N-dealkylation sites (tertiary alicyclic amines) is 1. The molecular weight excluding hydrogens is 242 g/mol. The first-order valence-corrected chi connectivity index (χ1v) is 7.06. The summed E-state index contributed by atoms with van der Waals surface area (Å²) in [6, 6.07) is 0.0276. The molecule has 5 nitrogen and oxygen atoms in total. The second-order valence-corrected chi connectivity index (χ2v) is 6.61. The Morgan fingerprint density at radius 1 is 1.26 bits per heavy atom. The van der Waals surface area contributed by atoms with Gasteiger partial charge in [-0.25, -0.2) is 4.79 Å². The van der Waals surface area contributed by atoms with E-state index >= 15 is 0 Å². The molecule has 110 valence electrons. The molecule has 1 unspecified atom stereocenters. The molecule has 5 heteroatoms. The summed E-state index contributed by atoms with van der Waals surface area (Å²) < 4.78 is 0. The average Bonchev–Trinajstić information content (AvgIpc) is 2.25. The number of urea groups is 1. The van der Waals surface area contributed by atoms with Gasteiger partial charge in [-0.2, -0.15) is 0 Å². The number of carbonyl (C=O) groups excluding carboxylic acids is 2. The topological polar surface area (TPSA) is 61.4 Å². The van der Waals surface area contributed by atoms with E-state index in [4.69, 9.17) is 0 Å². The van der Waals surface area contributed by atoms with Gasteiger partial charge in [-0.3, -0.25) is 4.79 Å². The summed E-state index contributed by atoms with van der Waals surface area (Å²) in [6.45, 7) is 11.0. The van der Waals surface area contributed by atoms with Crippen LogP contribution < -0.4 is 10.6 Å². The van der Waals surface area contributed by atoms with Gasteiger partial charge in [0.15, 0.2) is 0 Å². The highest BCUT2D eigenvalue weighted by atomic mass is 16.2. The van der Waals surface area contributed by atoms with E-state index in [2.05, 4.69) is 10.6 Å². The second-order valence-electron chi connectivity index (χ2n) is 6.61. The van der Waals surface area contributed by atoms with Gasteiger partial charge in [0.1, 0.15) is 0 Å². The first-order chi connectivity index (χ1) is 8.70. The molecule has 0 bridgehead atoms. The van der Waals surface area contributed by atoms with Crippen molar-refractivity contribution in [3.05, 3.63) is 0 Å². The van der Waals surface area contributed by atoms with Crippen molar-refractivity contribution in [3.63, 3.8) is 0 Å². The van der Waals surface area contributed by atoms with Crippen LogP contribution in [0, 0.1) is 5.41 Å². The Bertz CT molecular complexity index is 334. The van der Waals surface area contributed by atoms with Gasteiger partial charge >= 0.3 is 6.03 Å². The maximum Gasteiger partial charge on any atom is 0.315 e. The molecule has 0 radical (unpaired) electrons. The molecule has 3 amide bonds. The smallest absolute Gasteiger partial charge is 0.315 e. The van der Waals surface area contributed by atoms with Gasteiger partial charge < -0.3 is 15.5 Å². The second kappa shape index (κ2) is 6.26. The Morgan fingerprint density at radius 2 is 1.89 bits per heavy atom. The molecule has 2 N–H and O–H groups in total. The number of piperidine rings is 1. The third kappa shape index (κ3) is 5.09. The van der Waals surface area contributed by atoms with Gasteiger partial charge in [-0.15, -0.1) is 0 Å². The first-order valence-electron chi connectivity index (χ1n) is 7.06. The highest BCUT2D eigenvalue weighted by Gasteiger charge is 2.31. The van der Waals surface area contributed by atoms with Crippen LogP contribution in [0.2, 0.25) is 0 Å². The molecule has 0 aromatic carbocycles. The lowest BCUT2D eigenvalue weighted by atomic mass is 9.93. The standard InChI is InChI=1S/C14H27N3O2/c1-10(2)15-13(19)16-11-7-6-8-17(9-11)12(18)14(3,4)5/h10-11H,6-9H2,1-5H3,(H2,15,16,19). The fourth-order valence-corrected chi connectivity index (χ4v) is 2.24. The van der Waals surface area contributed by atoms with Crippen molar-refractivity contribution in [1.29, 1.82) is 0 Å². The van der Waals surface area contributed by atoms with Gasteiger partial charge in [0, 0.05) is 30.6 Å². The third-order valence-electron chi connectivity index (χ3n) is 3.11. The summed E-state index contributed by atoms with van der Waals surface area (Å²) in [4.78, 5) is 25.8. The van der Waals surface area contributed by atoms with Crippen LogP contribution >= 0.6 is 0 Å². The number of amides is 3. The van der Waals surface area contributed by atoms with Crippen LogP contribution in [-0.2, 0) is 4.79 Å². The molecule has 1 saturated heterocycles. The lowest BCUT2D eigenvalue weighted by Gasteiger charge is -2.36. The van der Waals surface area contributed by atoms with E-state index in [1.807, 2.05) is 39.5 Å². The van der Waals surface area contributed by atoms with Crippen LogP contribution in [0.5, 0.6) is 0 Å². The van der Waals surface area contributed by atoms with Crippen LogP contribution in [0.3, 0.4) is 0 Å². The Morgan fingerprint density at radius 3 is 2.42 bits per heavy atom. The summed E-state index contributed by atoms with van der Waals surface area (Å²) in [5, 5.41) is 5.75. The highest BCUT2D eigenvalue weighted by molar-refractivity contribution is 5.81. The number of rotatable bonds is 2. The first kappa shape index (κ1) is 15.8. The van der Waals surface area contributed by atoms with E-state index in [0.717, 1.165) is 19.4 Å². The van der Waals surface area contributed by atoms with Gasteiger partial charge in [0.05, 0.1) is 0 Å². The van der Waals surface area contributed by atoms with Crippen molar-refractivity contribution in [2.45, 2.75) is 59.5 Å². The summed E-state index contributed by atoms with van der Waals surface area (Å²) in [5.41, 5.74) is -0.359. The lowest BCUT2D eigenvalue weighted by molar-refractivity contribution is -0.140. The van der Waals surface area contributed by atoms with E-state index in [9.17, 15) is 9.59 Å². The third-order valence-corrected chi connectivity index (χ3v) is 3.11. The van der Waals surface area contributed by atoms with E-state index in [1.165, 1.54) is 0 Å². The molecule has 0 saturated carbocycles. The molecule has 1 heterocycles. The van der Waals surface area contributed by atoms with Crippen LogP contribution in [0.15, 0.2) is 0 Å². The van der Waals surface area contributed by atoms with E-state index in [1.54, 1.807) is 0 Å². The largest absolute Gasteiger partial charge is 0.340 e. The van der Waals surface area contributed by atoms with Crippen molar-refractivity contribution >= 4 is 11.9 Å². The number of nitrogens with one attached hydrogen (secondary N) is 2. The minimum Gasteiger partial charge on any atom is -0.340 e. The van der Waals surface area contributed by atoms with Crippen LogP contribution in [0.1, 0.15) is 47.5 Å². The molecule has 0 spiro atoms. The molecule has 0 aromatic rings. The number of nitrogens with zero attached hydrogens (tertiary/aromatic N) is 1. The van der Waals surface area contributed by atoms with Gasteiger partial charge in [-0.05, 0) is 26.7 Å². The van der Waals surface area contributed by atoms with Gasteiger partial charge in [0.2, 0.25) is 5.91 Å². The van der Waals surface area contributed by atoms with Crippen molar-refractivity contribution in [3.8, 4) is 0 Å². The highest BCUT2D eigenvalue weighted by Crippen LogP contribution is 2.20. The zero-order valence-corrected chi connectivity index (χ0v) is 12.7. The minimum atomic E-state index is -0.359. The summed E-state index contributed by atoms with van der Waals surface area (Å²) >= 11 is 0. The van der Waals surface area contributed by atoms with Crippen LogP contribution in [-0.4, -0.2) is 42.0 Å². The SMILES string of the molecule is CC(C)NC(=O)NC1CCCN(C(=O)C(C)(C)C)C1. The predicted octanol–water partition coefficient (Wildman–Crippen LogP) is 1.73. The number of hydrogen-bond donors (Lipinski definition) is 2. The Kier molecular flexibility index (Phi) is 5.20. The average molecular weight is 269 g/mol. The van der Waals surface area contributed by atoms with Crippen molar-refractivity contribution in [1.82, 2.24) is 15.5 Å². The molecule has 1 aliphatic heterocycles. The molecule has 0 aromatic heterocycles. The minimum absolute atomic E-state index is 0.0544. The maximum atomic E-state index is 12.2. The molecular formula is C14H27N3O2. The van der Waals surface area contributed by atoms with Crippen molar-refractivity contribution < 1.29 is 9.59 Å². The summed E-state index contributed by atoms with van der Waals surface area (Å²) in [6.07, 6.45) is 1.87. The Balaban J connectivity index is 2.51. The summed E-state index contributed by atoms with van der Waals surface area (Å²) in [5.74, 6) is 0.156. The molecule has 1 aliphatic rings. The Labute approximate surface area is 116 Å². The maximum absolute atomic E-state index is 12.2. The Hall–Kier alpha value is -1.26. The number of carbonyl (C=O) groups is 2. The number of hydrogen-bond acceptors (Lipinski definition) is 2. The predicted molar refractivity (Wildman–Crippen MR) is 75.9 cm³/mol. The van der Waals surface area contributed by atoms with E-state index < -0.39 is 0 Å². The van der Waals surface area contributed by atoms with E-state index in [-0.39, 0.29) is 29.4 Å². The fraction of sp³-hybridized carbons (Fsp3) is 0.857. The van der Waals surface area contributed by atoms with Gasteiger partial charge in [-0.1, -0.05) is 20.8 Å². The zero-order valence-electron chi connectivity index (χ0n) is 12.7. The molecule has 1 fully saturated rings. The monoisotopic (exact) mass is 269 g/mol. The van der Waals surface area contributed by atoms with E-state index in [0.29, 0.717) is 6.54 Å².